The molecule has 12 heteroatoms. The number of aromatic hydroxyl groups is 1. The molecule has 1 aromatic carbocycles. The number of carbonyl (C=O) groups excluding carboxylic acids is 1. The molecule has 2 aromatic heterocycles. The van der Waals surface area contributed by atoms with E-state index < -0.39 is 40.2 Å². The Bertz CT molecular complexity index is 1310. The predicted molar refractivity (Wildman–Crippen MR) is 107 cm³/mol. The summed E-state index contributed by atoms with van der Waals surface area (Å²) in [5.41, 5.74) is -2.94. The summed E-state index contributed by atoms with van der Waals surface area (Å²) in [6.07, 6.45) is -2.44. The number of hydrogen-bond acceptors (Lipinski definition) is 5. The van der Waals surface area contributed by atoms with Gasteiger partial charge in [0, 0.05) is 50.4 Å². The van der Waals surface area contributed by atoms with Crippen LogP contribution in [0.15, 0.2) is 18.3 Å². The highest BCUT2D eigenvalue weighted by Gasteiger charge is 2.58. The molecule has 2 aliphatic rings. The Labute approximate surface area is 184 Å². The van der Waals surface area contributed by atoms with E-state index >= 15 is 0 Å². The van der Waals surface area contributed by atoms with Gasteiger partial charge in [-0.25, -0.2) is 13.8 Å². The zero-order valence-corrected chi connectivity index (χ0v) is 17.5. The summed E-state index contributed by atoms with van der Waals surface area (Å²) in [5, 5.41) is 14.0. The number of likely N-dealkylation sites (N-methyl/N-ethyl adjacent to an activating group) is 1. The number of nitrogens with zero attached hydrogens (tertiary/aromatic N) is 5. The van der Waals surface area contributed by atoms with Gasteiger partial charge < -0.3 is 14.9 Å². The summed E-state index contributed by atoms with van der Waals surface area (Å²) in [7, 11) is 3.26. The van der Waals surface area contributed by atoms with Gasteiger partial charge in [0.05, 0.1) is 11.1 Å². The molecule has 5 rings (SSSR count). The van der Waals surface area contributed by atoms with Gasteiger partial charge in [0.15, 0.2) is 17.4 Å². The largest absolute Gasteiger partial charge is 0.503 e. The topological polar surface area (TPSA) is 74.5 Å². The number of halogens is 5. The molecule has 1 saturated carbocycles. The highest BCUT2D eigenvalue weighted by Crippen LogP contribution is 2.47. The van der Waals surface area contributed by atoms with Gasteiger partial charge in [0.1, 0.15) is 17.1 Å². The Kier molecular flexibility index (Phi) is 4.40. The second kappa shape index (κ2) is 6.78. The smallest absolute Gasteiger partial charge is 0.419 e. The molecule has 2 fully saturated rings. The molecule has 1 N–H and O–H groups in total. The lowest BCUT2D eigenvalue weighted by atomic mass is 10.0. The summed E-state index contributed by atoms with van der Waals surface area (Å²) >= 11 is 0. The Morgan fingerprint density at radius 1 is 1.09 bits per heavy atom. The summed E-state index contributed by atoms with van der Waals surface area (Å²) in [5.74, 6) is -4.86. The van der Waals surface area contributed by atoms with Crippen molar-refractivity contribution >= 4 is 22.6 Å². The van der Waals surface area contributed by atoms with E-state index in [1.165, 1.54) is 17.9 Å². The summed E-state index contributed by atoms with van der Waals surface area (Å²) in [6, 6.07) is 1.93. The first-order valence-electron chi connectivity index (χ1n) is 10.1. The second-order valence-corrected chi connectivity index (χ2v) is 8.39. The van der Waals surface area contributed by atoms with Crippen molar-refractivity contribution in [3.8, 4) is 17.0 Å². The van der Waals surface area contributed by atoms with Crippen LogP contribution < -0.4 is 4.90 Å². The summed E-state index contributed by atoms with van der Waals surface area (Å²) < 4.78 is 69.5. The number of aromatic nitrogens is 3. The number of carbonyl (C=O) groups is 1. The molecule has 1 amide bonds. The van der Waals surface area contributed by atoms with Crippen molar-refractivity contribution in [2.75, 3.05) is 25.0 Å². The fourth-order valence-electron chi connectivity index (χ4n) is 4.46. The van der Waals surface area contributed by atoms with Crippen LogP contribution in [0.5, 0.6) is 5.75 Å². The average Bonchev–Trinajstić information content (AvgIpc) is 3.48. The quantitative estimate of drug-likeness (QED) is 0.585. The summed E-state index contributed by atoms with van der Waals surface area (Å²) in [6.45, 7) is 1.07. The number of anilines is 1. The van der Waals surface area contributed by atoms with Crippen molar-refractivity contribution in [2.45, 2.75) is 24.6 Å². The fraction of sp³-hybridized carbons (Fsp3) is 0.381. The van der Waals surface area contributed by atoms with E-state index in [0.717, 1.165) is 0 Å². The third-order valence-electron chi connectivity index (χ3n) is 6.38. The number of hydrogen-bond donors (Lipinski definition) is 1. The minimum Gasteiger partial charge on any atom is -0.503 e. The van der Waals surface area contributed by atoms with Gasteiger partial charge in [-0.15, -0.1) is 0 Å². The van der Waals surface area contributed by atoms with E-state index in [0.29, 0.717) is 43.3 Å². The Morgan fingerprint density at radius 3 is 2.42 bits per heavy atom. The summed E-state index contributed by atoms with van der Waals surface area (Å²) in [4.78, 5) is 20.6. The standard InChI is InChI=1S/C21H18F5N5O2/c1-29-5-6-31(20(3-4-20)19(29)33)14-8-13-11(9-27-14)17(28-30(13)2)10-7-12(21(24,25)26)16(23)18(32)15(10)22/h7-9,32H,3-6H2,1-2H3. The molecule has 1 aliphatic heterocycles. The van der Waals surface area contributed by atoms with Crippen molar-refractivity contribution in [3.05, 3.63) is 35.5 Å². The van der Waals surface area contributed by atoms with Crippen molar-refractivity contribution in [1.29, 1.82) is 0 Å². The number of rotatable bonds is 2. The first-order chi connectivity index (χ1) is 15.5. The van der Waals surface area contributed by atoms with E-state index in [9.17, 15) is 31.9 Å². The third kappa shape index (κ3) is 3.03. The minimum absolute atomic E-state index is 0.00452. The molecule has 1 spiro atoms. The van der Waals surface area contributed by atoms with Gasteiger partial charge in [0.2, 0.25) is 5.91 Å². The van der Waals surface area contributed by atoms with Gasteiger partial charge in [0.25, 0.3) is 0 Å². The number of aryl methyl sites for hydroxylation is 1. The van der Waals surface area contributed by atoms with Gasteiger partial charge in [-0.3, -0.25) is 9.48 Å². The maximum absolute atomic E-state index is 14.6. The molecule has 174 valence electrons. The maximum Gasteiger partial charge on any atom is 0.419 e. The lowest BCUT2D eigenvalue weighted by molar-refractivity contribution is -0.140. The third-order valence-corrected chi connectivity index (χ3v) is 6.38. The minimum atomic E-state index is -5.15. The van der Waals surface area contributed by atoms with Crippen LogP contribution >= 0.6 is 0 Å². The number of piperazine rings is 1. The molecule has 7 nitrogen and oxygen atoms in total. The molecule has 0 unspecified atom stereocenters. The molecule has 1 saturated heterocycles. The van der Waals surface area contributed by atoms with Crippen LogP contribution in [-0.4, -0.2) is 56.4 Å². The van der Waals surface area contributed by atoms with Crippen molar-refractivity contribution in [1.82, 2.24) is 19.7 Å². The molecular weight excluding hydrogens is 449 g/mol. The molecule has 33 heavy (non-hydrogen) atoms. The Balaban J connectivity index is 1.64. The van der Waals surface area contributed by atoms with Crippen molar-refractivity contribution in [2.24, 2.45) is 7.05 Å². The highest BCUT2D eigenvalue weighted by atomic mass is 19.4. The maximum atomic E-state index is 14.6. The van der Waals surface area contributed by atoms with Gasteiger partial charge in [-0.1, -0.05) is 0 Å². The number of amides is 1. The van der Waals surface area contributed by atoms with Crippen LogP contribution in [0.25, 0.3) is 22.2 Å². The van der Waals surface area contributed by atoms with E-state index in [4.69, 9.17) is 0 Å². The number of phenols is 1. The van der Waals surface area contributed by atoms with Gasteiger partial charge in [-0.05, 0) is 18.9 Å². The number of fused-ring (bicyclic) bond motifs is 1. The Morgan fingerprint density at radius 2 is 1.79 bits per heavy atom. The van der Waals surface area contributed by atoms with Crippen LogP contribution in [0.2, 0.25) is 0 Å². The molecule has 0 atom stereocenters. The molecule has 3 heterocycles. The monoisotopic (exact) mass is 467 g/mol. The van der Waals surface area contributed by atoms with E-state index in [2.05, 4.69) is 10.1 Å². The average molecular weight is 467 g/mol. The van der Waals surface area contributed by atoms with Crippen molar-refractivity contribution < 1.29 is 31.9 Å². The van der Waals surface area contributed by atoms with Crippen LogP contribution in [0.3, 0.4) is 0 Å². The second-order valence-electron chi connectivity index (χ2n) is 8.39. The molecule has 0 radical (unpaired) electrons. The first kappa shape index (κ1) is 21.4. The van der Waals surface area contributed by atoms with E-state index in [1.54, 1.807) is 18.0 Å². The predicted octanol–water partition coefficient (Wildman–Crippen LogP) is 3.45. The molecule has 3 aromatic rings. The normalized spacial score (nSPS) is 18.0. The van der Waals surface area contributed by atoms with Crippen molar-refractivity contribution in [3.63, 3.8) is 0 Å². The van der Waals surface area contributed by atoms with E-state index in [1.807, 2.05) is 4.90 Å². The fourth-order valence-corrected chi connectivity index (χ4v) is 4.46. The van der Waals surface area contributed by atoms with Crippen LogP contribution in [0.4, 0.5) is 27.8 Å². The molecular formula is C21H18F5N5O2. The number of benzene rings is 1. The lowest BCUT2D eigenvalue weighted by Gasteiger charge is -2.40. The zero-order valence-electron chi connectivity index (χ0n) is 17.5. The first-order valence-corrected chi connectivity index (χ1v) is 10.1. The van der Waals surface area contributed by atoms with Crippen LogP contribution in [0.1, 0.15) is 18.4 Å². The number of pyridine rings is 1. The van der Waals surface area contributed by atoms with Crippen LogP contribution in [0, 0.1) is 11.6 Å². The number of phenolic OH excluding ortho intramolecular Hbond substituents is 1. The Hall–Kier alpha value is -3.44. The van der Waals surface area contributed by atoms with Gasteiger partial charge in [-0.2, -0.15) is 18.3 Å². The van der Waals surface area contributed by atoms with Crippen LogP contribution in [-0.2, 0) is 18.0 Å². The highest BCUT2D eigenvalue weighted by molar-refractivity contribution is 5.97. The van der Waals surface area contributed by atoms with Gasteiger partial charge >= 0.3 is 6.18 Å². The van der Waals surface area contributed by atoms with E-state index in [-0.39, 0.29) is 17.0 Å². The SMILES string of the molecule is CN1CCN(c2cc3c(cn2)c(-c2cc(C(F)(F)F)c(F)c(O)c2F)nn3C)C2(CC2)C1=O. The zero-order chi connectivity index (χ0) is 23.9. The molecule has 1 aliphatic carbocycles. The molecule has 0 bridgehead atoms. The lowest BCUT2D eigenvalue weighted by Crippen LogP contribution is -2.58. The number of alkyl halides is 3.